The molecule has 2 aliphatic rings. The number of benzene rings is 4. The van der Waals surface area contributed by atoms with Gasteiger partial charge in [-0.25, -0.2) is 5.01 Å². The van der Waals surface area contributed by atoms with E-state index in [1.165, 1.54) is 0 Å². The van der Waals surface area contributed by atoms with E-state index in [1.807, 2.05) is 48.5 Å². The van der Waals surface area contributed by atoms with Crippen molar-refractivity contribution in [3.05, 3.63) is 130 Å². The van der Waals surface area contributed by atoms with Crippen molar-refractivity contribution < 1.29 is 9.47 Å². The molecule has 0 amide bonds. The van der Waals surface area contributed by atoms with Gasteiger partial charge in [0.1, 0.15) is 18.1 Å². The van der Waals surface area contributed by atoms with Gasteiger partial charge in [0.05, 0.1) is 11.8 Å². The van der Waals surface area contributed by atoms with Crippen LogP contribution in [0.15, 0.2) is 113 Å². The molecule has 0 aliphatic carbocycles. The fourth-order valence-corrected chi connectivity index (χ4v) is 4.93. The molecule has 4 nitrogen and oxygen atoms in total. The van der Waals surface area contributed by atoms with E-state index in [0.717, 1.165) is 50.4 Å². The number of fused-ring (bicyclic) bond motifs is 3. The summed E-state index contributed by atoms with van der Waals surface area (Å²) in [6, 6.07) is 35.1. The lowest BCUT2D eigenvalue weighted by molar-refractivity contribution is -0.0191. The van der Waals surface area contributed by atoms with Crippen LogP contribution in [0.1, 0.15) is 40.9 Å². The maximum Gasteiger partial charge on any atom is 0.213 e. The summed E-state index contributed by atoms with van der Waals surface area (Å²) in [7, 11) is 0. The molecule has 0 saturated heterocycles. The van der Waals surface area contributed by atoms with Crippen molar-refractivity contribution in [2.24, 2.45) is 5.10 Å². The smallest absolute Gasteiger partial charge is 0.213 e. The normalized spacial score (nSPS) is 18.5. The van der Waals surface area contributed by atoms with Crippen molar-refractivity contribution in [1.82, 2.24) is 5.01 Å². The van der Waals surface area contributed by atoms with Gasteiger partial charge in [-0.2, -0.15) is 5.10 Å². The summed E-state index contributed by atoms with van der Waals surface area (Å²) in [6.45, 7) is 0.543. The van der Waals surface area contributed by atoms with E-state index in [2.05, 4.69) is 75.5 Å². The van der Waals surface area contributed by atoms with Crippen LogP contribution in [0.2, 0.25) is 0 Å². The van der Waals surface area contributed by atoms with Gasteiger partial charge in [-0.15, -0.1) is 0 Å². The molecule has 0 bridgehead atoms. The number of hydrogen-bond donors (Lipinski definition) is 0. The van der Waals surface area contributed by atoms with E-state index in [4.69, 9.17) is 14.6 Å². The van der Waals surface area contributed by atoms with Crippen LogP contribution < -0.4 is 9.47 Å². The van der Waals surface area contributed by atoms with Crippen molar-refractivity contribution in [2.75, 3.05) is 0 Å². The van der Waals surface area contributed by atoms with Crippen molar-refractivity contribution in [1.29, 1.82) is 0 Å². The molecule has 0 fully saturated rings. The highest BCUT2D eigenvalue weighted by Gasteiger charge is 2.41. The zero-order valence-electron chi connectivity index (χ0n) is 18.5. The molecular weight excluding hydrogens is 488 g/mol. The molecule has 0 unspecified atom stereocenters. The van der Waals surface area contributed by atoms with E-state index in [-0.39, 0.29) is 12.3 Å². The van der Waals surface area contributed by atoms with E-state index in [1.54, 1.807) is 0 Å². The third-order valence-electron chi connectivity index (χ3n) is 6.27. The van der Waals surface area contributed by atoms with Gasteiger partial charge < -0.3 is 9.47 Å². The zero-order valence-corrected chi connectivity index (χ0v) is 20.1. The van der Waals surface area contributed by atoms with Crippen LogP contribution in [-0.4, -0.2) is 10.7 Å². The Morgan fingerprint density at radius 1 is 0.882 bits per heavy atom. The molecule has 6 rings (SSSR count). The summed E-state index contributed by atoms with van der Waals surface area (Å²) >= 11 is 3.62. The zero-order chi connectivity index (χ0) is 22.9. The minimum Gasteiger partial charge on any atom is -0.489 e. The highest BCUT2D eigenvalue weighted by atomic mass is 79.9. The Labute approximate surface area is 207 Å². The first-order chi connectivity index (χ1) is 16.7. The van der Waals surface area contributed by atoms with Crippen molar-refractivity contribution in [2.45, 2.75) is 25.3 Å². The molecule has 0 saturated carbocycles. The third-order valence-corrected chi connectivity index (χ3v) is 6.77. The Hall–Kier alpha value is -3.57. The van der Waals surface area contributed by atoms with E-state index >= 15 is 0 Å². The fourth-order valence-electron chi connectivity index (χ4n) is 4.55. The third kappa shape index (κ3) is 4.08. The molecule has 4 aromatic rings. The second-order valence-electron chi connectivity index (χ2n) is 8.51. The van der Waals surface area contributed by atoms with Gasteiger partial charge in [0.15, 0.2) is 0 Å². The highest BCUT2D eigenvalue weighted by Crippen LogP contribution is 2.48. The maximum atomic E-state index is 6.50. The minimum absolute atomic E-state index is 0.121. The van der Waals surface area contributed by atoms with Gasteiger partial charge in [0, 0.05) is 22.0 Å². The number of ether oxygens (including phenoxy) is 2. The Balaban J connectivity index is 1.29. The Bertz CT molecular complexity index is 1320. The van der Waals surface area contributed by atoms with Gasteiger partial charge in [-0.3, -0.25) is 0 Å². The SMILES string of the molecule is Brc1ccc2c(c1)[C@H]1CC(c3ccccc3)=NN1[C@H](c1ccc(OCc3ccccc3)cc1)O2. The summed E-state index contributed by atoms with van der Waals surface area (Å²) in [6.07, 6.45) is 0.536. The summed E-state index contributed by atoms with van der Waals surface area (Å²) in [5.41, 5.74) is 5.58. The van der Waals surface area contributed by atoms with Gasteiger partial charge in [0.25, 0.3) is 0 Å². The Morgan fingerprint density at radius 2 is 1.62 bits per heavy atom. The Kier molecular flexibility index (Phi) is 5.55. The van der Waals surface area contributed by atoms with Crippen LogP contribution >= 0.6 is 15.9 Å². The summed E-state index contributed by atoms with van der Waals surface area (Å²) in [4.78, 5) is 0. The Morgan fingerprint density at radius 3 is 2.38 bits per heavy atom. The molecule has 5 heteroatoms. The lowest BCUT2D eigenvalue weighted by atomic mass is 9.96. The second-order valence-corrected chi connectivity index (χ2v) is 9.42. The van der Waals surface area contributed by atoms with Crippen LogP contribution in [0.25, 0.3) is 0 Å². The molecular formula is C29H23BrN2O2. The molecule has 34 heavy (non-hydrogen) atoms. The first kappa shape index (κ1) is 21.0. The summed E-state index contributed by atoms with van der Waals surface area (Å²) < 4.78 is 13.5. The van der Waals surface area contributed by atoms with E-state index < -0.39 is 0 Å². The van der Waals surface area contributed by atoms with Crippen molar-refractivity contribution >= 4 is 21.6 Å². The molecule has 0 aromatic heterocycles. The first-order valence-electron chi connectivity index (χ1n) is 11.4. The molecule has 2 heterocycles. The maximum absolute atomic E-state index is 6.50. The van der Waals surface area contributed by atoms with Gasteiger partial charge in [0.2, 0.25) is 6.23 Å². The van der Waals surface area contributed by atoms with Crippen LogP contribution in [-0.2, 0) is 6.61 Å². The first-order valence-corrected chi connectivity index (χ1v) is 12.2. The number of halogens is 1. The van der Waals surface area contributed by atoms with Crippen LogP contribution in [0.5, 0.6) is 11.5 Å². The molecule has 2 atom stereocenters. The monoisotopic (exact) mass is 510 g/mol. The van der Waals surface area contributed by atoms with E-state index in [0.29, 0.717) is 6.61 Å². The highest BCUT2D eigenvalue weighted by molar-refractivity contribution is 9.10. The minimum atomic E-state index is -0.303. The van der Waals surface area contributed by atoms with Crippen LogP contribution in [0.4, 0.5) is 0 Å². The number of hydrogen-bond acceptors (Lipinski definition) is 4. The van der Waals surface area contributed by atoms with Crippen molar-refractivity contribution in [3.63, 3.8) is 0 Å². The van der Waals surface area contributed by atoms with Gasteiger partial charge in [-0.1, -0.05) is 76.6 Å². The molecule has 4 aromatic carbocycles. The largest absolute Gasteiger partial charge is 0.489 e. The number of nitrogens with zero attached hydrogens (tertiary/aromatic N) is 2. The molecule has 0 spiro atoms. The van der Waals surface area contributed by atoms with Gasteiger partial charge >= 0.3 is 0 Å². The summed E-state index contributed by atoms with van der Waals surface area (Å²) in [5.74, 6) is 1.74. The van der Waals surface area contributed by atoms with Crippen LogP contribution in [0, 0.1) is 0 Å². The standard InChI is InChI=1S/C29H23BrN2O2/c30-23-13-16-28-25(17-23)27-18-26(21-9-5-2-6-10-21)31-32(27)29(34-28)22-11-14-24(15-12-22)33-19-20-7-3-1-4-8-20/h1-17,27,29H,18-19H2/t27-,29+/m1/s1. The molecule has 168 valence electrons. The predicted octanol–water partition coefficient (Wildman–Crippen LogP) is 7.27. The predicted molar refractivity (Wildman–Crippen MR) is 137 cm³/mol. The average Bonchev–Trinajstić information content (AvgIpc) is 3.35. The average molecular weight is 511 g/mol. The second kappa shape index (κ2) is 8.99. The topological polar surface area (TPSA) is 34.1 Å². The molecule has 0 radical (unpaired) electrons. The lowest BCUT2D eigenvalue weighted by Gasteiger charge is -2.38. The number of hydrazone groups is 1. The quantitative estimate of drug-likeness (QED) is 0.283. The van der Waals surface area contributed by atoms with E-state index in [9.17, 15) is 0 Å². The van der Waals surface area contributed by atoms with Crippen LogP contribution in [0.3, 0.4) is 0 Å². The molecule has 2 aliphatic heterocycles. The van der Waals surface area contributed by atoms with Gasteiger partial charge in [-0.05, 0) is 53.6 Å². The molecule has 0 N–H and O–H groups in total. The number of rotatable bonds is 5. The summed E-state index contributed by atoms with van der Waals surface area (Å²) in [5, 5.41) is 7.15. The van der Waals surface area contributed by atoms with Crippen molar-refractivity contribution in [3.8, 4) is 11.5 Å². The fraction of sp³-hybridized carbons (Fsp3) is 0.138. The lowest BCUT2D eigenvalue weighted by Crippen LogP contribution is -2.33.